The number of hydrogen-bond donors (Lipinski definition) is 1. The van der Waals surface area contributed by atoms with Crippen LogP contribution < -0.4 is 5.32 Å². The number of benzene rings is 1. The molecule has 1 N–H and O–H groups in total. The van der Waals surface area contributed by atoms with Crippen molar-refractivity contribution in [1.82, 2.24) is 15.1 Å². The highest BCUT2D eigenvalue weighted by Gasteiger charge is 2.22. The maximum atomic E-state index is 4.54. The SMILES string of the molecule is Cc1ccc(CC(CNC2CC2)Cc2ccn(C)n2)cc1. The third-order valence-corrected chi connectivity index (χ3v) is 4.18. The van der Waals surface area contributed by atoms with Crippen LogP contribution in [0.25, 0.3) is 0 Å². The van der Waals surface area contributed by atoms with Gasteiger partial charge in [0.2, 0.25) is 0 Å². The van der Waals surface area contributed by atoms with Gasteiger partial charge >= 0.3 is 0 Å². The zero-order chi connectivity index (χ0) is 14.7. The molecule has 112 valence electrons. The molecule has 3 heteroatoms. The van der Waals surface area contributed by atoms with E-state index < -0.39 is 0 Å². The van der Waals surface area contributed by atoms with Crippen LogP contribution >= 0.6 is 0 Å². The Labute approximate surface area is 127 Å². The number of aryl methyl sites for hydroxylation is 2. The van der Waals surface area contributed by atoms with Gasteiger partial charge in [-0.3, -0.25) is 4.68 Å². The lowest BCUT2D eigenvalue weighted by Crippen LogP contribution is -2.27. The third kappa shape index (κ3) is 4.43. The molecule has 3 rings (SSSR count). The molecular formula is C18H25N3. The van der Waals surface area contributed by atoms with E-state index >= 15 is 0 Å². The molecule has 21 heavy (non-hydrogen) atoms. The van der Waals surface area contributed by atoms with Gasteiger partial charge < -0.3 is 5.32 Å². The summed E-state index contributed by atoms with van der Waals surface area (Å²) in [7, 11) is 1.99. The van der Waals surface area contributed by atoms with Crippen molar-refractivity contribution < 1.29 is 0 Å². The number of nitrogens with zero attached hydrogens (tertiary/aromatic N) is 2. The second-order valence-electron chi connectivity index (χ2n) is 6.42. The van der Waals surface area contributed by atoms with Crippen LogP contribution in [-0.4, -0.2) is 22.4 Å². The Morgan fingerprint density at radius 3 is 2.57 bits per heavy atom. The molecule has 3 nitrogen and oxygen atoms in total. The lowest BCUT2D eigenvalue weighted by molar-refractivity contribution is 0.462. The fraction of sp³-hybridized carbons (Fsp3) is 0.500. The van der Waals surface area contributed by atoms with Crippen LogP contribution in [0, 0.1) is 12.8 Å². The molecular weight excluding hydrogens is 258 g/mol. The molecule has 0 aliphatic heterocycles. The van der Waals surface area contributed by atoms with E-state index in [0.717, 1.165) is 25.4 Å². The van der Waals surface area contributed by atoms with Gasteiger partial charge in [-0.05, 0) is 56.7 Å². The summed E-state index contributed by atoms with van der Waals surface area (Å²) >= 11 is 0. The molecule has 1 saturated carbocycles. The standard InChI is InChI=1S/C18H25N3/c1-14-3-5-15(6-4-14)11-16(13-19-17-7-8-17)12-18-9-10-21(2)20-18/h3-6,9-10,16-17,19H,7-8,11-13H2,1-2H3. The van der Waals surface area contributed by atoms with Crippen molar-refractivity contribution in [2.75, 3.05) is 6.54 Å². The molecule has 1 heterocycles. The number of nitrogens with one attached hydrogen (secondary N) is 1. The van der Waals surface area contributed by atoms with Crippen molar-refractivity contribution in [2.24, 2.45) is 13.0 Å². The molecule has 1 fully saturated rings. The van der Waals surface area contributed by atoms with E-state index in [1.807, 2.05) is 17.9 Å². The van der Waals surface area contributed by atoms with Crippen molar-refractivity contribution in [2.45, 2.75) is 38.6 Å². The second kappa shape index (κ2) is 6.44. The maximum Gasteiger partial charge on any atom is 0.0627 e. The van der Waals surface area contributed by atoms with Crippen LogP contribution in [0.1, 0.15) is 29.7 Å². The summed E-state index contributed by atoms with van der Waals surface area (Å²) in [4.78, 5) is 0. The average Bonchev–Trinajstić information content (AvgIpc) is 3.21. The summed E-state index contributed by atoms with van der Waals surface area (Å²) in [6, 6.07) is 11.9. The van der Waals surface area contributed by atoms with Crippen LogP contribution in [0.2, 0.25) is 0 Å². The van der Waals surface area contributed by atoms with E-state index in [4.69, 9.17) is 0 Å². The van der Waals surface area contributed by atoms with Gasteiger partial charge in [0, 0.05) is 19.3 Å². The Kier molecular flexibility index (Phi) is 4.39. The van der Waals surface area contributed by atoms with Crippen LogP contribution in [0.3, 0.4) is 0 Å². The Morgan fingerprint density at radius 2 is 1.95 bits per heavy atom. The normalized spacial score (nSPS) is 16.1. The highest BCUT2D eigenvalue weighted by Crippen LogP contribution is 2.20. The number of rotatable bonds is 7. The predicted octanol–water partition coefficient (Wildman–Crippen LogP) is 2.88. The molecule has 1 aromatic heterocycles. The summed E-state index contributed by atoms with van der Waals surface area (Å²) in [5.74, 6) is 0.614. The smallest absolute Gasteiger partial charge is 0.0627 e. The van der Waals surface area contributed by atoms with Crippen molar-refractivity contribution >= 4 is 0 Å². The average molecular weight is 283 g/mol. The first-order valence-electron chi connectivity index (χ1n) is 7.96. The van der Waals surface area contributed by atoms with E-state index in [1.54, 1.807) is 0 Å². The Hall–Kier alpha value is -1.61. The molecule has 1 atom stereocenters. The van der Waals surface area contributed by atoms with Crippen LogP contribution in [-0.2, 0) is 19.9 Å². The molecule has 0 saturated heterocycles. The van der Waals surface area contributed by atoms with Gasteiger partial charge in [0.25, 0.3) is 0 Å². The zero-order valence-electron chi connectivity index (χ0n) is 13.0. The Morgan fingerprint density at radius 1 is 1.19 bits per heavy atom. The molecule has 1 aromatic carbocycles. The molecule has 1 aliphatic carbocycles. The van der Waals surface area contributed by atoms with Crippen molar-refractivity contribution in [3.8, 4) is 0 Å². The number of hydrogen-bond acceptors (Lipinski definition) is 2. The Balaban J connectivity index is 1.63. The quantitative estimate of drug-likeness (QED) is 0.847. The van der Waals surface area contributed by atoms with Crippen LogP contribution in [0.5, 0.6) is 0 Å². The van der Waals surface area contributed by atoms with Gasteiger partial charge in [0.05, 0.1) is 5.69 Å². The summed E-state index contributed by atoms with van der Waals surface area (Å²) in [6.07, 6.45) is 6.90. The first-order chi connectivity index (χ1) is 10.2. The molecule has 1 aliphatic rings. The minimum atomic E-state index is 0.614. The molecule has 0 amide bonds. The van der Waals surface area contributed by atoms with Gasteiger partial charge in [-0.2, -0.15) is 5.10 Å². The molecule has 2 aromatic rings. The largest absolute Gasteiger partial charge is 0.314 e. The molecule has 0 bridgehead atoms. The van der Waals surface area contributed by atoms with E-state index in [-0.39, 0.29) is 0 Å². The fourth-order valence-corrected chi connectivity index (χ4v) is 2.76. The van der Waals surface area contributed by atoms with Gasteiger partial charge in [-0.25, -0.2) is 0 Å². The van der Waals surface area contributed by atoms with Crippen LogP contribution in [0.4, 0.5) is 0 Å². The highest BCUT2D eigenvalue weighted by atomic mass is 15.2. The summed E-state index contributed by atoms with van der Waals surface area (Å²) in [6.45, 7) is 3.24. The van der Waals surface area contributed by atoms with Gasteiger partial charge in [0.15, 0.2) is 0 Å². The van der Waals surface area contributed by atoms with Gasteiger partial charge in [-0.1, -0.05) is 29.8 Å². The van der Waals surface area contributed by atoms with E-state index in [9.17, 15) is 0 Å². The lowest BCUT2D eigenvalue weighted by Gasteiger charge is -2.17. The molecule has 0 spiro atoms. The second-order valence-corrected chi connectivity index (χ2v) is 6.42. The first kappa shape index (κ1) is 14.3. The fourth-order valence-electron chi connectivity index (χ4n) is 2.76. The van der Waals surface area contributed by atoms with E-state index in [0.29, 0.717) is 5.92 Å². The summed E-state index contributed by atoms with van der Waals surface area (Å²) in [5, 5.41) is 8.22. The highest BCUT2D eigenvalue weighted by molar-refractivity contribution is 5.22. The molecule has 0 radical (unpaired) electrons. The minimum absolute atomic E-state index is 0.614. The maximum absolute atomic E-state index is 4.54. The van der Waals surface area contributed by atoms with Crippen molar-refractivity contribution in [3.05, 3.63) is 53.3 Å². The summed E-state index contributed by atoms with van der Waals surface area (Å²) < 4.78 is 1.90. The van der Waals surface area contributed by atoms with Gasteiger partial charge in [-0.15, -0.1) is 0 Å². The summed E-state index contributed by atoms with van der Waals surface area (Å²) in [5.41, 5.74) is 3.96. The predicted molar refractivity (Wildman–Crippen MR) is 86.3 cm³/mol. The zero-order valence-corrected chi connectivity index (χ0v) is 13.0. The monoisotopic (exact) mass is 283 g/mol. The topological polar surface area (TPSA) is 29.9 Å². The first-order valence-corrected chi connectivity index (χ1v) is 7.96. The van der Waals surface area contributed by atoms with E-state index in [1.165, 1.54) is 29.7 Å². The van der Waals surface area contributed by atoms with Crippen molar-refractivity contribution in [3.63, 3.8) is 0 Å². The lowest BCUT2D eigenvalue weighted by atomic mass is 9.94. The Bertz CT molecular complexity index is 566. The van der Waals surface area contributed by atoms with Crippen LogP contribution in [0.15, 0.2) is 36.5 Å². The van der Waals surface area contributed by atoms with Gasteiger partial charge in [0.1, 0.15) is 0 Å². The third-order valence-electron chi connectivity index (χ3n) is 4.18. The molecule has 1 unspecified atom stereocenters. The number of aromatic nitrogens is 2. The van der Waals surface area contributed by atoms with E-state index in [2.05, 4.69) is 47.7 Å². The van der Waals surface area contributed by atoms with Crippen molar-refractivity contribution in [1.29, 1.82) is 0 Å². The minimum Gasteiger partial charge on any atom is -0.314 e.